The summed E-state index contributed by atoms with van der Waals surface area (Å²) in [5.41, 5.74) is 3.04. The molecule has 0 aliphatic heterocycles. The van der Waals surface area contributed by atoms with Crippen LogP contribution in [0, 0.1) is 17.2 Å². The first kappa shape index (κ1) is 16.7. The summed E-state index contributed by atoms with van der Waals surface area (Å²) < 4.78 is 5.41. The fourth-order valence-electron chi connectivity index (χ4n) is 3.55. The molecule has 0 spiro atoms. The first-order chi connectivity index (χ1) is 12.7. The number of hydrogen-bond acceptors (Lipinski definition) is 5. The quantitative estimate of drug-likeness (QED) is 0.452. The predicted octanol–water partition coefficient (Wildman–Crippen LogP) is 5.40. The Labute approximate surface area is 155 Å². The van der Waals surface area contributed by atoms with Gasteiger partial charge in [-0.25, -0.2) is 9.78 Å². The normalized spacial score (nSPS) is 19.3. The third-order valence-electron chi connectivity index (χ3n) is 4.87. The molecule has 2 heterocycles. The molecule has 1 atom stereocenters. The highest BCUT2D eigenvalue weighted by Gasteiger charge is 2.20. The Morgan fingerprint density at radius 3 is 3.04 bits per heavy atom. The van der Waals surface area contributed by atoms with Crippen LogP contribution in [-0.4, -0.2) is 4.98 Å². The molecular weight excluding hydrogens is 344 g/mol. The van der Waals surface area contributed by atoms with Crippen molar-refractivity contribution in [2.75, 3.05) is 0 Å². The van der Waals surface area contributed by atoms with Gasteiger partial charge in [-0.15, -0.1) is 11.3 Å². The summed E-state index contributed by atoms with van der Waals surface area (Å²) in [6.45, 7) is 2.22. The molecule has 1 fully saturated rings. The summed E-state index contributed by atoms with van der Waals surface area (Å²) in [5.74, 6) is 0.606. The topological polar surface area (TPSA) is 66.9 Å². The first-order valence-corrected chi connectivity index (χ1v) is 9.65. The Morgan fingerprint density at radius 1 is 1.38 bits per heavy atom. The molecule has 26 heavy (non-hydrogen) atoms. The van der Waals surface area contributed by atoms with Crippen LogP contribution < -0.4 is 5.63 Å². The van der Waals surface area contributed by atoms with E-state index < -0.39 is 5.63 Å². The molecule has 4 nitrogen and oxygen atoms in total. The van der Waals surface area contributed by atoms with E-state index in [2.05, 4.69) is 18.0 Å². The standard InChI is InChI=1S/C21H18N2O2S/c1-13-5-4-7-14(9-13)17(11-22)20-23-18(12-26-20)16-10-15-6-2-3-8-19(15)25-21(16)24/h2-3,6,8,10,12-13H,4-5,7,9H2,1H3. The zero-order chi connectivity index (χ0) is 18.1. The van der Waals surface area contributed by atoms with Gasteiger partial charge >= 0.3 is 5.63 Å². The van der Waals surface area contributed by atoms with Gasteiger partial charge in [0.05, 0.1) is 16.8 Å². The van der Waals surface area contributed by atoms with E-state index in [1.165, 1.54) is 23.3 Å². The molecule has 1 aromatic carbocycles. The van der Waals surface area contributed by atoms with Crippen molar-refractivity contribution < 1.29 is 4.42 Å². The van der Waals surface area contributed by atoms with E-state index in [0.717, 1.165) is 24.6 Å². The molecule has 1 aliphatic carbocycles. The Morgan fingerprint density at radius 2 is 2.23 bits per heavy atom. The number of nitriles is 1. The fraction of sp³-hybridized carbons (Fsp3) is 0.286. The van der Waals surface area contributed by atoms with Gasteiger partial charge in [0.2, 0.25) is 0 Å². The lowest BCUT2D eigenvalue weighted by atomic mass is 9.84. The van der Waals surface area contributed by atoms with Crippen LogP contribution >= 0.6 is 11.3 Å². The maximum atomic E-state index is 12.3. The van der Waals surface area contributed by atoms with Gasteiger partial charge in [-0.05, 0) is 42.9 Å². The van der Waals surface area contributed by atoms with E-state index in [9.17, 15) is 10.1 Å². The zero-order valence-corrected chi connectivity index (χ0v) is 15.3. The van der Waals surface area contributed by atoms with E-state index in [-0.39, 0.29) is 0 Å². The summed E-state index contributed by atoms with van der Waals surface area (Å²) in [6, 6.07) is 11.6. The second-order valence-electron chi connectivity index (χ2n) is 6.82. The maximum absolute atomic E-state index is 12.3. The highest BCUT2D eigenvalue weighted by Crippen LogP contribution is 2.35. The average Bonchev–Trinajstić information content (AvgIpc) is 3.11. The van der Waals surface area contributed by atoms with Gasteiger partial charge in [0.1, 0.15) is 16.7 Å². The van der Waals surface area contributed by atoms with Gasteiger partial charge in [-0.2, -0.15) is 5.26 Å². The lowest BCUT2D eigenvalue weighted by Gasteiger charge is -2.21. The van der Waals surface area contributed by atoms with Crippen LogP contribution in [-0.2, 0) is 0 Å². The molecule has 1 unspecified atom stereocenters. The first-order valence-electron chi connectivity index (χ1n) is 8.77. The Bertz CT molecular complexity index is 1100. The van der Waals surface area contributed by atoms with Crippen molar-refractivity contribution in [2.24, 2.45) is 5.92 Å². The van der Waals surface area contributed by atoms with Crippen molar-refractivity contribution >= 4 is 27.9 Å². The van der Waals surface area contributed by atoms with Crippen LogP contribution in [0.4, 0.5) is 0 Å². The molecule has 2 aromatic heterocycles. The Hall–Kier alpha value is -2.71. The molecule has 0 N–H and O–H groups in total. The smallest absolute Gasteiger partial charge is 0.345 e. The Kier molecular flexibility index (Phi) is 4.44. The van der Waals surface area contributed by atoms with Gasteiger partial charge in [0.15, 0.2) is 0 Å². The molecule has 0 bridgehead atoms. The zero-order valence-electron chi connectivity index (χ0n) is 14.5. The number of aromatic nitrogens is 1. The largest absolute Gasteiger partial charge is 0.422 e. The minimum atomic E-state index is -0.405. The summed E-state index contributed by atoms with van der Waals surface area (Å²) in [5, 5.41) is 13.1. The third-order valence-corrected chi connectivity index (χ3v) is 5.73. The van der Waals surface area contributed by atoms with Crippen LogP contribution in [0.25, 0.3) is 27.8 Å². The summed E-state index contributed by atoms with van der Waals surface area (Å²) in [6.07, 6.45) is 4.24. The number of benzene rings is 1. The minimum Gasteiger partial charge on any atom is -0.422 e. The average molecular weight is 362 g/mol. The molecule has 1 saturated carbocycles. The molecule has 130 valence electrons. The van der Waals surface area contributed by atoms with E-state index >= 15 is 0 Å². The molecule has 5 heteroatoms. The number of rotatable bonds is 2. The molecule has 0 radical (unpaired) electrons. The maximum Gasteiger partial charge on any atom is 0.345 e. The molecule has 4 rings (SSSR count). The summed E-state index contributed by atoms with van der Waals surface area (Å²) in [4.78, 5) is 16.9. The van der Waals surface area contributed by atoms with Crippen molar-refractivity contribution in [2.45, 2.75) is 32.6 Å². The fourth-order valence-corrected chi connectivity index (χ4v) is 4.41. The predicted molar refractivity (Wildman–Crippen MR) is 104 cm³/mol. The summed E-state index contributed by atoms with van der Waals surface area (Å²) >= 11 is 1.41. The minimum absolute atomic E-state index is 0.405. The van der Waals surface area contributed by atoms with Crippen LogP contribution in [0.5, 0.6) is 0 Å². The third kappa shape index (κ3) is 3.09. The molecule has 3 aromatic rings. The van der Waals surface area contributed by atoms with Gasteiger partial charge in [0.25, 0.3) is 0 Å². The Balaban J connectivity index is 1.77. The van der Waals surface area contributed by atoms with Gasteiger partial charge < -0.3 is 4.42 Å². The molecular formula is C21H18N2O2S. The van der Waals surface area contributed by atoms with E-state index in [0.29, 0.717) is 33.3 Å². The van der Waals surface area contributed by atoms with Crippen LogP contribution in [0.15, 0.2) is 50.5 Å². The summed E-state index contributed by atoms with van der Waals surface area (Å²) in [7, 11) is 0. The lowest BCUT2D eigenvalue weighted by molar-refractivity contribution is 0.454. The number of hydrogen-bond donors (Lipinski definition) is 0. The monoisotopic (exact) mass is 362 g/mol. The van der Waals surface area contributed by atoms with Crippen LogP contribution in [0.2, 0.25) is 0 Å². The van der Waals surface area contributed by atoms with E-state index in [1.54, 1.807) is 6.07 Å². The van der Waals surface area contributed by atoms with Crippen molar-refractivity contribution in [3.05, 3.63) is 56.7 Å². The number of nitrogens with zero attached hydrogens (tertiary/aromatic N) is 2. The number of fused-ring (bicyclic) bond motifs is 1. The second kappa shape index (κ2) is 6.89. The van der Waals surface area contributed by atoms with Gasteiger partial charge in [-0.1, -0.05) is 31.5 Å². The number of allylic oxidation sites excluding steroid dienone is 2. The van der Waals surface area contributed by atoms with Crippen molar-refractivity contribution in [3.63, 3.8) is 0 Å². The van der Waals surface area contributed by atoms with Crippen molar-refractivity contribution in [1.29, 1.82) is 5.26 Å². The lowest BCUT2D eigenvalue weighted by Crippen LogP contribution is -2.06. The molecule has 1 aliphatic rings. The van der Waals surface area contributed by atoms with Crippen molar-refractivity contribution in [3.8, 4) is 17.3 Å². The van der Waals surface area contributed by atoms with Gasteiger partial charge in [-0.3, -0.25) is 0 Å². The number of para-hydroxylation sites is 1. The van der Waals surface area contributed by atoms with Gasteiger partial charge in [0, 0.05) is 10.8 Å². The van der Waals surface area contributed by atoms with E-state index in [1.807, 2.05) is 29.6 Å². The van der Waals surface area contributed by atoms with Crippen molar-refractivity contribution in [1.82, 2.24) is 4.98 Å². The SMILES string of the molecule is CC1CCCC(=C(C#N)c2nc(-c3cc4ccccc4oc3=O)cs2)C1. The highest BCUT2D eigenvalue weighted by molar-refractivity contribution is 7.11. The van der Waals surface area contributed by atoms with E-state index in [4.69, 9.17) is 4.42 Å². The number of thiazole rings is 1. The molecule has 0 saturated heterocycles. The molecule has 0 amide bonds. The highest BCUT2D eigenvalue weighted by atomic mass is 32.1. The van der Waals surface area contributed by atoms with Crippen LogP contribution in [0.3, 0.4) is 0 Å². The second-order valence-corrected chi connectivity index (χ2v) is 7.67. The van der Waals surface area contributed by atoms with Crippen LogP contribution in [0.1, 0.15) is 37.6 Å².